The number of amides is 1. The monoisotopic (exact) mass is 358 g/mol. The van der Waals surface area contributed by atoms with Crippen LogP contribution in [0, 0.1) is 0 Å². The number of amidine groups is 1. The maximum Gasteiger partial charge on any atom is 0.264 e. The molecule has 0 unspecified atom stereocenters. The quantitative estimate of drug-likeness (QED) is 0.811. The van der Waals surface area contributed by atoms with Crippen LogP contribution in [-0.2, 0) is 4.79 Å². The van der Waals surface area contributed by atoms with Gasteiger partial charge >= 0.3 is 0 Å². The van der Waals surface area contributed by atoms with Crippen LogP contribution >= 0.6 is 27.7 Å². The summed E-state index contributed by atoms with van der Waals surface area (Å²) >= 11 is 4.82. The smallest absolute Gasteiger partial charge is 0.264 e. The lowest BCUT2D eigenvalue weighted by Gasteiger charge is -1.97. The Morgan fingerprint density at radius 1 is 1.05 bits per heavy atom. The first-order chi connectivity index (χ1) is 10.2. The van der Waals surface area contributed by atoms with Gasteiger partial charge in [0.05, 0.1) is 10.6 Å². The Hall–Kier alpha value is -1.85. The van der Waals surface area contributed by atoms with Gasteiger partial charge in [0.25, 0.3) is 5.91 Å². The van der Waals surface area contributed by atoms with Crippen molar-refractivity contribution in [2.75, 3.05) is 0 Å². The van der Waals surface area contributed by atoms with Crippen molar-refractivity contribution in [3.05, 3.63) is 69.5 Å². The first-order valence-electron chi connectivity index (χ1n) is 6.31. The molecule has 5 heteroatoms. The van der Waals surface area contributed by atoms with E-state index in [9.17, 15) is 4.79 Å². The van der Waals surface area contributed by atoms with Gasteiger partial charge in [-0.2, -0.15) is 0 Å². The van der Waals surface area contributed by atoms with Crippen LogP contribution < -0.4 is 5.32 Å². The fourth-order valence-electron chi connectivity index (χ4n) is 1.83. The van der Waals surface area contributed by atoms with Gasteiger partial charge in [-0.15, -0.1) is 0 Å². The molecule has 0 bridgehead atoms. The minimum absolute atomic E-state index is 0.120. The molecule has 104 valence electrons. The molecule has 1 fully saturated rings. The maximum atomic E-state index is 12.0. The minimum Gasteiger partial charge on any atom is -0.300 e. The molecule has 1 amide bonds. The highest BCUT2D eigenvalue weighted by Gasteiger charge is 2.23. The summed E-state index contributed by atoms with van der Waals surface area (Å²) in [5.41, 5.74) is 1.79. The van der Waals surface area contributed by atoms with Gasteiger partial charge in [-0.25, -0.2) is 4.99 Å². The fraction of sp³-hybridized carbons (Fsp3) is 0. The Balaban J connectivity index is 1.86. The molecule has 1 N–H and O–H groups in total. The first kappa shape index (κ1) is 14.1. The van der Waals surface area contributed by atoms with Crippen LogP contribution in [-0.4, -0.2) is 11.1 Å². The molecule has 0 aliphatic carbocycles. The molecule has 3 nitrogen and oxygen atoms in total. The molecule has 2 aromatic rings. The summed E-state index contributed by atoms with van der Waals surface area (Å²) < 4.78 is 0.958. The molecule has 0 radical (unpaired) electrons. The van der Waals surface area contributed by atoms with E-state index in [-0.39, 0.29) is 5.91 Å². The van der Waals surface area contributed by atoms with Gasteiger partial charge in [0, 0.05) is 4.47 Å². The lowest BCUT2D eigenvalue weighted by atomic mass is 10.2. The Morgan fingerprint density at radius 2 is 1.76 bits per heavy atom. The first-order valence-corrected chi connectivity index (χ1v) is 7.92. The largest absolute Gasteiger partial charge is 0.300 e. The molecule has 1 aliphatic rings. The SMILES string of the molecule is O=C1NC(=Nc2ccccc2)S/C1=C\c1ccccc1Br. The second kappa shape index (κ2) is 6.28. The Morgan fingerprint density at radius 3 is 2.52 bits per heavy atom. The van der Waals surface area contributed by atoms with Crippen molar-refractivity contribution in [1.82, 2.24) is 5.32 Å². The Labute approximate surface area is 135 Å². The van der Waals surface area contributed by atoms with Gasteiger partial charge in [0.2, 0.25) is 0 Å². The highest BCUT2D eigenvalue weighted by atomic mass is 79.9. The molecule has 1 heterocycles. The second-order valence-electron chi connectivity index (χ2n) is 4.34. The molecule has 2 aromatic carbocycles. The number of aliphatic imine (C=N–C) groups is 1. The van der Waals surface area contributed by atoms with E-state index in [1.54, 1.807) is 0 Å². The topological polar surface area (TPSA) is 41.5 Å². The van der Waals surface area contributed by atoms with Crippen molar-refractivity contribution in [2.24, 2.45) is 4.99 Å². The van der Waals surface area contributed by atoms with E-state index >= 15 is 0 Å². The zero-order valence-electron chi connectivity index (χ0n) is 10.9. The molecule has 21 heavy (non-hydrogen) atoms. The molecule has 0 atom stereocenters. The number of hydrogen-bond donors (Lipinski definition) is 1. The summed E-state index contributed by atoms with van der Waals surface area (Å²) in [6, 6.07) is 17.3. The van der Waals surface area contributed by atoms with Crippen LogP contribution in [0.1, 0.15) is 5.56 Å². The summed E-state index contributed by atoms with van der Waals surface area (Å²) in [4.78, 5) is 17.0. The third kappa shape index (κ3) is 3.43. The molecule has 1 aliphatic heterocycles. The van der Waals surface area contributed by atoms with Gasteiger partial charge in [-0.05, 0) is 41.6 Å². The van der Waals surface area contributed by atoms with Crippen molar-refractivity contribution in [1.29, 1.82) is 0 Å². The predicted octanol–water partition coefficient (Wildman–Crippen LogP) is 4.34. The van der Waals surface area contributed by atoms with Crippen LogP contribution in [0.3, 0.4) is 0 Å². The van der Waals surface area contributed by atoms with Crippen molar-refractivity contribution in [3.8, 4) is 0 Å². The number of hydrogen-bond acceptors (Lipinski definition) is 3. The van der Waals surface area contributed by atoms with Crippen molar-refractivity contribution >= 4 is 50.5 Å². The molecular weight excluding hydrogens is 348 g/mol. The lowest BCUT2D eigenvalue weighted by molar-refractivity contribution is -0.115. The number of rotatable bonds is 2. The predicted molar refractivity (Wildman–Crippen MR) is 91.4 cm³/mol. The van der Waals surface area contributed by atoms with Crippen LogP contribution in [0.4, 0.5) is 5.69 Å². The molecule has 0 saturated carbocycles. The number of nitrogens with one attached hydrogen (secondary N) is 1. The third-order valence-electron chi connectivity index (χ3n) is 2.83. The number of carbonyl (C=O) groups excluding carboxylic acids is 1. The zero-order chi connectivity index (χ0) is 14.7. The second-order valence-corrected chi connectivity index (χ2v) is 6.22. The average molecular weight is 359 g/mol. The van der Waals surface area contributed by atoms with Crippen LogP contribution in [0.15, 0.2) is 69.0 Å². The van der Waals surface area contributed by atoms with Gasteiger partial charge in [0.15, 0.2) is 5.17 Å². The minimum atomic E-state index is -0.120. The molecule has 0 spiro atoms. The van der Waals surface area contributed by atoms with Crippen molar-refractivity contribution in [3.63, 3.8) is 0 Å². The van der Waals surface area contributed by atoms with Gasteiger partial charge < -0.3 is 5.32 Å². The highest BCUT2D eigenvalue weighted by molar-refractivity contribution is 9.10. The molecule has 3 rings (SSSR count). The van der Waals surface area contributed by atoms with Gasteiger partial charge in [-0.3, -0.25) is 4.79 Å². The lowest BCUT2D eigenvalue weighted by Crippen LogP contribution is -2.19. The van der Waals surface area contributed by atoms with Crippen molar-refractivity contribution < 1.29 is 4.79 Å². The average Bonchev–Trinajstić information content (AvgIpc) is 2.82. The molecule has 1 saturated heterocycles. The molecule has 0 aromatic heterocycles. The number of thioether (sulfide) groups is 1. The summed E-state index contributed by atoms with van der Waals surface area (Å²) in [5.74, 6) is -0.120. The number of nitrogens with zero attached hydrogens (tertiary/aromatic N) is 1. The fourth-order valence-corrected chi connectivity index (χ4v) is 3.07. The summed E-state index contributed by atoms with van der Waals surface area (Å²) in [5, 5.41) is 3.38. The third-order valence-corrected chi connectivity index (χ3v) is 4.46. The van der Waals surface area contributed by atoms with Crippen molar-refractivity contribution in [2.45, 2.75) is 0 Å². The Bertz CT molecular complexity index is 741. The van der Waals surface area contributed by atoms with Gasteiger partial charge in [-0.1, -0.05) is 52.3 Å². The van der Waals surface area contributed by atoms with E-state index in [0.29, 0.717) is 10.1 Å². The Kier molecular flexibility index (Phi) is 4.22. The van der Waals surface area contributed by atoms with E-state index in [0.717, 1.165) is 15.7 Å². The van der Waals surface area contributed by atoms with E-state index in [1.807, 2.05) is 60.7 Å². The van der Waals surface area contributed by atoms with E-state index in [4.69, 9.17) is 0 Å². The highest BCUT2D eigenvalue weighted by Crippen LogP contribution is 2.29. The van der Waals surface area contributed by atoms with Crippen LogP contribution in [0.25, 0.3) is 6.08 Å². The standard InChI is InChI=1S/C16H11BrN2OS/c17-13-9-5-4-6-11(13)10-14-15(20)19-16(21-14)18-12-7-2-1-3-8-12/h1-10H,(H,18,19,20)/b14-10-. The van der Waals surface area contributed by atoms with Crippen LogP contribution in [0.2, 0.25) is 0 Å². The van der Waals surface area contributed by atoms with E-state index in [1.165, 1.54) is 11.8 Å². The maximum absolute atomic E-state index is 12.0. The number of para-hydroxylation sites is 1. The number of halogens is 1. The number of benzene rings is 2. The summed E-state index contributed by atoms with van der Waals surface area (Å²) in [6.07, 6.45) is 1.86. The number of carbonyl (C=O) groups is 1. The van der Waals surface area contributed by atoms with Gasteiger partial charge in [0.1, 0.15) is 0 Å². The zero-order valence-corrected chi connectivity index (χ0v) is 13.3. The summed E-state index contributed by atoms with van der Waals surface area (Å²) in [6.45, 7) is 0. The molecular formula is C16H11BrN2OS. The summed E-state index contributed by atoms with van der Waals surface area (Å²) in [7, 11) is 0. The van der Waals surface area contributed by atoms with E-state index in [2.05, 4.69) is 26.2 Å². The van der Waals surface area contributed by atoms with E-state index < -0.39 is 0 Å². The normalized spacial score (nSPS) is 18.2. The van der Waals surface area contributed by atoms with Crippen LogP contribution in [0.5, 0.6) is 0 Å².